The Balaban J connectivity index is 1.76. The molecule has 0 spiro atoms. The average Bonchev–Trinajstić information content (AvgIpc) is 3.56. The molecule has 148 valence electrons. The van der Waals surface area contributed by atoms with E-state index < -0.39 is 15.9 Å². The van der Waals surface area contributed by atoms with Crippen LogP contribution in [0.1, 0.15) is 23.2 Å². The lowest BCUT2D eigenvalue weighted by Crippen LogP contribution is -2.42. The fraction of sp³-hybridized carbons (Fsp3) is 0.263. The van der Waals surface area contributed by atoms with Gasteiger partial charge in [-0.25, -0.2) is 8.42 Å². The van der Waals surface area contributed by atoms with E-state index in [9.17, 15) is 18.0 Å². The lowest BCUT2D eigenvalue weighted by atomic mass is 10.2. The summed E-state index contributed by atoms with van der Waals surface area (Å²) in [6, 6.07) is 12.2. The number of nitrogens with zero attached hydrogens (tertiary/aromatic N) is 1. The van der Waals surface area contributed by atoms with Crippen molar-refractivity contribution in [2.24, 2.45) is 5.92 Å². The van der Waals surface area contributed by atoms with Gasteiger partial charge in [0, 0.05) is 18.5 Å². The lowest BCUT2D eigenvalue weighted by Gasteiger charge is -2.20. The number of carbonyl (C=O) groups excluding carboxylic acids is 2. The summed E-state index contributed by atoms with van der Waals surface area (Å²) in [5.74, 6) is -0.263. The summed E-state index contributed by atoms with van der Waals surface area (Å²) in [4.78, 5) is 23.8. The Morgan fingerprint density at radius 2 is 1.75 bits per heavy atom. The normalized spacial score (nSPS) is 13.5. The fourth-order valence-corrected chi connectivity index (χ4v) is 3.77. The topological polar surface area (TPSA) is 105 Å². The van der Waals surface area contributed by atoms with Gasteiger partial charge < -0.3 is 4.74 Å². The van der Waals surface area contributed by atoms with Crippen LogP contribution in [0.4, 0.5) is 5.69 Å². The van der Waals surface area contributed by atoms with Crippen molar-refractivity contribution in [3.63, 3.8) is 0 Å². The summed E-state index contributed by atoms with van der Waals surface area (Å²) >= 11 is 0. The van der Waals surface area contributed by atoms with Crippen molar-refractivity contribution < 1.29 is 22.7 Å². The van der Waals surface area contributed by atoms with Crippen molar-refractivity contribution in [3.8, 4) is 5.75 Å². The molecule has 28 heavy (non-hydrogen) atoms. The molecule has 0 saturated heterocycles. The average molecular weight is 403 g/mol. The van der Waals surface area contributed by atoms with Crippen LogP contribution in [0.3, 0.4) is 0 Å². The van der Waals surface area contributed by atoms with E-state index in [4.69, 9.17) is 4.74 Å². The molecule has 1 aliphatic carbocycles. The second-order valence-corrected chi connectivity index (χ2v) is 8.39. The Morgan fingerprint density at radius 3 is 2.36 bits per heavy atom. The van der Waals surface area contributed by atoms with Crippen LogP contribution in [0.15, 0.2) is 53.4 Å². The van der Waals surface area contributed by atoms with Crippen molar-refractivity contribution in [2.75, 3.05) is 18.5 Å². The molecule has 1 fully saturated rings. The van der Waals surface area contributed by atoms with Gasteiger partial charge in [-0.3, -0.25) is 24.7 Å². The Hall–Kier alpha value is -3.07. The smallest absolute Gasteiger partial charge is 0.269 e. The first-order chi connectivity index (χ1) is 13.3. The van der Waals surface area contributed by atoms with Crippen LogP contribution in [0.5, 0.6) is 5.75 Å². The number of anilines is 1. The first-order valence-electron chi connectivity index (χ1n) is 8.66. The Labute approximate surface area is 163 Å². The van der Waals surface area contributed by atoms with Crippen molar-refractivity contribution in [3.05, 3.63) is 54.1 Å². The third-order valence-corrected chi connectivity index (χ3v) is 6.22. The molecular weight excluding hydrogens is 382 g/mol. The minimum atomic E-state index is -3.88. The number of carbonyl (C=O) groups is 2. The minimum Gasteiger partial charge on any atom is -0.497 e. The molecule has 2 aromatic rings. The molecule has 0 heterocycles. The molecule has 1 aliphatic rings. The molecule has 2 amide bonds. The number of benzene rings is 2. The standard InChI is InChI=1S/C19H21N3O5S/c1-22(15-8-10-16(27-2)11-9-15)28(25,26)17-5-3-4-14(12-17)19(24)21-20-18(23)13-6-7-13/h3-5,8-13H,6-7H2,1-2H3,(H,20,23)(H,21,24). The van der Waals surface area contributed by atoms with Crippen LogP contribution in [0.2, 0.25) is 0 Å². The highest BCUT2D eigenvalue weighted by atomic mass is 32.2. The number of rotatable bonds is 6. The number of hydrogen-bond acceptors (Lipinski definition) is 5. The van der Waals surface area contributed by atoms with E-state index in [1.807, 2.05) is 0 Å². The SMILES string of the molecule is COc1ccc(N(C)S(=O)(=O)c2cccc(C(=O)NNC(=O)C3CC3)c2)cc1. The molecule has 0 unspecified atom stereocenters. The summed E-state index contributed by atoms with van der Waals surface area (Å²) in [5.41, 5.74) is 5.24. The highest BCUT2D eigenvalue weighted by molar-refractivity contribution is 7.92. The van der Waals surface area contributed by atoms with Crippen LogP contribution in [-0.4, -0.2) is 34.4 Å². The summed E-state index contributed by atoms with van der Waals surface area (Å²) in [6.45, 7) is 0. The quantitative estimate of drug-likeness (QED) is 0.714. The number of nitrogens with one attached hydrogen (secondary N) is 2. The largest absolute Gasteiger partial charge is 0.497 e. The molecule has 0 atom stereocenters. The van der Waals surface area contributed by atoms with Crippen LogP contribution in [-0.2, 0) is 14.8 Å². The van der Waals surface area contributed by atoms with Gasteiger partial charge in [0.15, 0.2) is 0 Å². The van der Waals surface area contributed by atoms with Gasteiger partial charge >= 0.3 is 0 Å². The molecule has 2 aromatic carbocycles. The van der Waals surface area contributed by atoms with Crippen molar-refractivity contribution in [1.82, 2.24) is 10.9 Å². The number of sulfonamides is 1. The molecule has 8 nitrogen and oxygen atoms in total. The molecule has 0 aromatic heterocycles. The van der Waals surface area contributed by atoms with Gasteiger partial charge in [0.05, 0.1) is 17.7 Å². The van der Waals surface area contributed by atoms with Crippen LogP contribution < -0.4 is 19.9 Å². The summed E-state index contributed by atoms with van der Waals surface area (Å²) < 4.78 is 32.0. The zero-order chi connectivity index (χ0) is 20.3. The van der Waals surface area contributed by atoms with E-state index >= 15 is 0 Å². The number of amides is 2. The maximum absolute atomic E-state index is 12.9. The van der Waals surface area contributed by atoms with Gasteiger partial charge in [0.2, 0.25) is 5.91 Å². The molecule has 2 N–H and O–H groups in total. The van der Waals surface area contributed by atoms with Gasteiger partial charge in [-0.05, 0) is 55.3 Å². The summed E-state index contributed by atoms with van der Waals surface area (Å²) in [5, 5.41) is 0. The summed E-state index contributed by atoms with van der Waals surface area (Å²) in [7, 11) is -0.920. The maximum atomic E-state index is 12.9. The van der Waals surface area contributed by atoms with E-state index in [1.165, 1.54) is 38.4 Å². The third kappa shape index (κ3) is 4.25. The third-order valence-electron chi connectivity index (χ3n) is 4.44. The number of hydrogen-bond donors (Lipinski definition) is 2. The van der Waals surface area contributed by atoms with Gasteiger partial charge in [-0.15, -0.1) is 0 Å². The van der Waals surface area contributed by atoms with Crippen LogP contribution in [0.25, 0.3) is 0 Å². The van der Waals surface area contributed by atoms with Crippen molar-refractivity contribution in [2.45, 2.75) is 17.7 Å². The molecule has 0 radical (unpaired) electrons. The lowest BCUT2D eigenvalue weighted by molar-refractivity contribution is -0.123. The molecule has 0 aliphatic heterocycles. The fourth-order valence-electron chi connectivity index (χ4n) is 2.52. The highest BCUT2D eigenvalue weighted by Gasteiger charge is 2.30. The zero-order valence-electron chi connectivity index (χ0n) is 15.5. The minimum absolute atomic E-state index is 0.0352. The predicted molar refractivity (Wildman–Crippen MR) is 103 cm³/mol. The van der Waals surface area contributed by atoms with Crippen molar-refractivity contribution in [1.29, 1.82) is 0 Å². The van der Waals surface area contributed by atoms with Gasteiger partial charge in [0.1, 0.15) is 5.75 Å². The van der Waals surface area contributed by atoms with Crippen molar-refractivity contribution >= 4 is 27.5 Å². The zero-order valence-corrected chi connectivity index (χ0v) is 16.3. The monoisotopic (exact) mass is 403 g/mol. The van der Waals surface area contributed by atoms with E-state index in [0.717, 1.165) is 17.1 Å². The van der Waals surface area contributed by atoms with E-state index in [0.29, 0.717) is 11.4 Å². The van der Waals surface area contributed by atoms with Gasteiger partial charge in [0.25, 0.3) is 15.9 Å². The Bertz CT molecular complexity index is 985. The first-order valence-corrected chi connectivity index (χ1v) is 10.1. The highest BCUT2D eigenvalue weighted by Crippen LogP contribution is 2.28. The van der Waals surface area contributed by atoms with Crippen LogP contribution >= 0.6 is 0 Å². The molecule has 1 saturated carbocycles. The first kappa shape index (κ1) is 19.7. The van der Waals surface area contributed by atoms with E-state index in [1.54, 1.807) is 24.3 Å². The second kappa shape index (κ2) is 7.89. The Kier molecular flexibility index (Phi) is 5.55. The predicted octanol–water partition coefficient (Wildman–Crippen LogP) is 1.69. The van der Waals surface area contributed by atoms with E-state index in [2.05, 4.69) is 10.9 Å². The van der Waals surface area contributed by atoms with Gasteiger partial charge in [-0.1, -0.05) is 6.07 Å². The van der Waals surface area contributed by atoms with E-state index in [-0.39, 0.29) is 22.3 Å². The molecule has 0 bridgehead atoms. The second-order valence-electron chi connectivity index (χ2n) is 6.42. The number of ether oxygens (including phenoxy) is 1. The molecular formula is C19H21N3O5S. The molecule has 3 rings (SSSR count). The maximum Gasteiger partial charge on any atom is 0.269 e. The van der Waals surface area contributed by atoms with Gasteiger partial charge in [-0.2, -0.15) is 0 Å². The Morgan fingerprint density at radius 1 is 1.07 bits per heavy atom. The summed E-state index contributed by atoms with van der Waals surface area (Å²) in [6.07, 6.45) is 1.63. The van der Waals surface area contributed by atoms with Crippen LogP contribution in [0, 0.1) is 5.92 Å². The number of hydrazine groups is 1. The molecule has 9 heteroatoms. The number of methoxy groups -OCH3 is 1.